The van der Waals surface area contributed by atoms with E-state index in [4.69, 9.17) is 0 Å². The number of thiophene rings is 1. The van der Waals surface area contributed by atoms with Gasteiger partial charge in [-0.05, 0) is 11.4 Å². The molecule has 0 spiro atoms. The molecule has 19 heavy (non-hydrogen) atoms. The van der Waals surface area contributed by atoms with Gasteiger partial charge in [-0.25, -0.2) is 0 Å². The second-order valence-electron chi connectivity index (χ2n) is 5.11. The van der Waals surface area contributed by atoms with E-state index in [0.717, 1.165) is 13.1 Å². The van der Waals surface area contributed by atoms with E-state index in [1.165, 1.54) is 9.78 Å². The Labute approximate surface area is 116 Å². The van der Waals surface area contributed by atoms with Crippen molar-refractivity contribution >= 4 is 23.2 Å². The minimum absolute atomic E-state index is 0.0653. The molecule has 1 atom stereocenters. The molecule has 2 fully saturated rings. The van der Waals surface area contributed by atoms with Gasteiger partial charge in [-0.15, -0.1) is 11.3 Å². The fourth-order valence-corrected chi connectivity index (χ4v) is 3.49. The third-order valence-corrected chi connectivity index (χ3v) is 4.64. The van der Waals surface area contributed by atoms with E-state index in [9.17, 15) is 9.59 Å². The zero-order valence-electron chi connectivity index (χ0n) is 10.9. The summed E-state index contributed by atoms with van der Waals surface area (Å²) >= 11 is 1.73. The molecule has 2 saturated heterocycles. The number of hydrogen-bond acceptors (Lipinski definition) is 4. The second-order valence-corrected chi connectivity index (χ2v) is 6.14. The van der Waals surface area contributed by atoms with Crippen molar-refractivity contribution in [2.75, 3.05) is 33.2 Å². The summed E-state index contributed by atoms with van der Waals surface area (Å²) in [5.74, 6) is 0.137. The van der Waals surface area contributed by atoms with Crippen molar-refractivity contribution in [2.24, 2.45) is 0 Å². The normalized spacial score (nSPS) is 24.8. The van der Waals surface area contributed by atoms with Gasteiger partial charge in [0.25, 0.3) is 0 Å². The van der Waals surface area contributed by atoms with Crippen LogP contribution in [0.1, 0.15) is 4.88 Å². The Hall–Kier alpha value is -1.40. The topological polar surface area (TPSA) is 43.9 Å². The number of likely N-dealkylation sites (N-methyl/N-ethyl adjacent to an activating group) is 1. The average molecular weight is 279 g/mol. The molecule has 0 aliphatic carbocycles. The average Bonchev–Trinajstić information content (AvgIpc) is 2.89. The number of carbonyl (C=O) groups excluding carboxylic acids is 2. The molecule has 0 aromatic carbocycles. The summed E-state index contributed by atoms with van der Waals surface area (Å²) in [5.41, 5.74) is 0. The highest BCUT2D eigenvalue weighted by Crippen LogP contribution is 2.20. The van der Waals surface area contributed by atoms with Gasteiger partial charge in [-0.1, -0.05) is 6.07 Å². The maximum atomic E-state index is 12.2. The molecule has 0 saturated carbocycles. The lowest BCUT2D eigenvalue weighted by Gasteiger charge is -2.45. The summed E-state index contributed by atoms with van der Waals surface area (Å²) in [6.45, 7) is 3.24. The largest absolute Gasteiger partial charge is 0.335 e. The van der Waals surface area contributed by atoms with Crippen molar-refractivity contribution < 1.29 is 9.59 Å². The van der Waals surface area contributed by atoms with Crippen LogP contribution < -0.4 is 0 Å². The van der Waals surface area contributed by atoms with Crippen LogP contribution in [0.2, 0.25) is 0 Å². The molecule has 3 heterocycles. The maximum Gasteiger partial charge on any atom is 0.246 e. The Bertz CT molecular complexity index is 488. The SMILES string of the molecule is CN1CC(=O)N2CCN(Cc3cccs3)C[C@@H]2C1=O. The Morgan fingerprint density at radius 3 is 2.95 bits per heavy atom. The summed E-state index contributed by atoms with van der Waals surface area (Å²) < 4.78 is 0. The standard InChI is InChI=1S/C13H17N3O2S/c1-14-9-12(17)16-5-4-15(8-11(16)13(14)18)7-10-3-2-6-19-10/h2-3,6,11H,4-5,7-9H2,1H3/t11-/m1/s1. The van der Waals surface area contributed by atoms with E-state index < -0.39 is 0 Å². The predicted octanol–water partition coefficient (Wildman–Crippen LogP) is 0.233. The van der Waals surface area contributed by atoms with E-state index in [-0.39, 0.29) is 24.4 Å². The summed E-state index contributed by atoms with van der Waals surface area (Å²) in [4.78, 5) is 30.9. The van der Waals surface area contributed by atoms with Gasteiger partial charge in [0.05, 0.1) is 6.54 Å². The number of rotatable bonds is 2. The van der Waals surface area contributed by atoms with Crippen LogP contribution in [0.5, 0.6) is 0 Å². The van der Waals surface area contributed by atoms with Gasteiger partial charge in [-0.3, -0.25) is 14.5 Å². The van der Waals surface area contributed by atoms with E-state index in [1.807, 2.05) is 6.07 Å². The number of amides is 2. The number of fused-ring (bicyclic) bond motifs is 1. The molecular formula is C13H17N3O2S. The first kappa shape index (κ1) is 12.6. The van der Waals surface area contributed by atoms with Gasteiger partial charge in [0.1, 0.15) is 6.04 Å². The number of carbonyl (C=O) groups is 2. The first-order valence-electron chi connectivity index (χ1n) is 6.44. The molecule has 5 nitrogen and oxygen atoms in total. The van der Waals surface area contributed by atoms with Crippen molar-refractivity contribution in [3.05, 3.63) is 22.4 Å². The van der Waals surface area contributed by atoms with Crippen molar-refractivity contribution in [2.45, 2.75) is 12.6 Å². The number of nitrogens with zero attached hydrogens (tertiary/aromatic N) is 3. The maximum absolute atomic E-state index is 12.2. The fourth-order valence-electron chi connectivity index (χ4n) is 2.74. The smallest absolute Gasteiger partial charge is 0.246 e. The Morgan fingerprint density at radius 2 is 2.21 bits per heavy atom. The molecule has 1 aromatic heterocycles. The van der Waals surface area contributed by atoms with E-state index in [0.29, 0.717) is 13.1 Å². The first-order chi connectivity index (χ1) is 9.15. The van der Waals surface area contributed by atoms with Crippen LogP contribution in [0.25, 0.3) is 0 Å². The third kappa shape index (κ3) is 2.37. The molecule has 2 aliphatic rings. The zero-order valence-corrected chi connectivity index (χ0v) is 11.7. The van der Waals surface area contributed by atoms with Gasteiger partial charge in [-0.2, -0.15) is 0 Å². The van der Waals surface area contributed by atoms with Crippen molar-refractivity contribution in [1.29, 1.82) is 0 Å². The minimum Gasteiger partial charge on any atom is -0.335 e. The highest BCUT2D eigenvalue weighted by molar-refractivity contribution is 7.09. The van der Waals surface area contributed by atoms with Crippen molar-refractivity contribution in [3.63, 3.8) is 0 Å². The molecule has 102 valence electrons. The van der Waals surface area contributed by atoms with Crippen LogP contribution in [0.3, 0.4) is 0 Å². The summed E-state index contributed by atoms with van der Waals surface area (Å²) in [6, 6.07) is 3.86. The van der Waals surface area contributed by atoms with E-state index >= 15 is 0 Å². The molecule has 0 bridgehead atoms. The minimum atomic E-state index is -0.292. The first-order valence-corrected chi connectivity index (χ1v) is 7.32. The molecule has 2 aliphatic heterocycles. The van der Waals surface area contributed by atoms with Crippen LogP contribution in [-0.4, -0.2) is 65.8 Å². The summed E-state index contributed by atoms with van der Waals surface area (Å²) in [5, 5.41) is 2.06. The molecule has 0 N–H and O–H groups in total. The zero-order chi connectivity index (χ0) is 13.4. The lowest BCUT2D eigenvalue weighted by Crippen LogP contribution is -2.65. The molecule has 0 unspecified atom stereocenters. The lowest BCUT2D eigenvalue weighted by atomic mass is 10.1. The Morgan fingerprint density at radius 1 is 1.37 bits per heavy atom. The number of piperazine rings is 2. The highest BCUT2D eigenvalue weighted by Gasteiger charge is 2.41. The number of hydrogen-bond donors (Lipinski definition) is 0. The van der Waals surface area contributed by atoms with Gasteiger partial charge < -0.3 is 9.80 Å². The van der Waals surface area contributed by atoms with Crippen LogP contribution in [0.4, 0.5) is 0 Å². The molecule has 6 heteroatoms. The van der Waals surface area contributed by atoms with E-state index in [2.05, 4.69) is 16.3 Å². The van der Waals surface area contributed by atoms with Crippen LogP contribution in [-0.2, 0) is 16.1 Å². The molecule has 1 aromatic rings. The van der Waals surface area contributed by atoms with Gasteiger partial charge in [0.15, 0.2) is 0 Å². The van der Waals surface area contributed by atoms with Gasteiger partial charge in [0.2, 0.25) is 11.8 Å². The second kappa shape index (κ2) is 4.94. The highest BCUT2D eigenvalue weighted by atomic mass is 32.1. The molecule has 0 radical (unpaired) electrons. The van der Waals surface area contributed by atoms with Crippen molar-refractivity contribution in [3.8, 4) is 0 Å². The fraction of sp³-hybridized carbons (Fsp3) is 0.538. The van der Waals surface area contributed by atoms with Crippen LogP contribution in [0.15, 0.2) is 17.5 Å². The van der Waals surface area contributed by atoms with Gasteiger partial charge in [0, 0.05) is 38.1 Å². The molecule has 3 rings (SSSR count). The van der Waals surface area contributed by atoms with E-state index in [1.54, 1.807) is 23.3 Å². The summed E-state index contributed by atoms with van der Waals surface area (Å²) in [6.07, 6.45) is 0. The molecule has 2 amide bonds. The Kier molecular flexibility index (Phi) is 3.28. The summed E-state index contributed by atoms with van der Waals surface area (Å²) in [7, 11) is 1.70. The Balaban J connectivity index is 1.70. The monoisotopic (exact) mass is 279 g/mol. The van der Waals surface area contributed by atoms with Gasteiger partial charge >= 0.3 is 0 Å². The van der Waals surface area contributed by atoms with Crippen LogP contribution >= 0.6 is 11.3 Å². The third-order valence-electron chi connectivity index (χ3n) is 3.78. The molecular weight excluding hydrogens is 262 g/mol. The predicted molar refractivity (Wildman–Crippen MR) is 72.7 cm³/mol. The quantitative estimate of drug-likeness (QED) is 0.778. The van der Waals surface area contributed by atoms with Crippen LogP contribution in [0, 0.1) is 0 Å². The van der Waals surface area contributed by atoms with Crippen molar-refractivity contribution in [1.82, 2.24) is 14.7 Å². The lowest BCUT2D eigenvalue weighted by molar-refractivity contribution is -0.158.